The van der Waals surface area contributed by atoms with E-state index in [4.69, 9.17) is 4.74 Å². The summed E-state index contributed by atoms with van der Waals surface area (Å²) in [6, 6.07) is 15.3. The van der Waals surface area contributed by atoms with Gasteiger partial charge in [-0.3, -0.25) is 4.79 Å². The van der Waals surface area contributed by atoms with Crippen LogP contribution in [0.4, 0.5) is 0 Å². The van der Waals surface area contributed by atoms with Crippen molar-refractivity contribution in [2.45, 2.75) is 38.0 Å². The van der Waals surface area contributed by atoms with Gasteiger partial charge in [0.15, 0.2) is 12.4 Å². The second kappa shape index (κ2) is 8.57. The van der Waals surface area contributed by atoms with Crippen LogP contribution in [0.25, 0.3) is 10.8 Å². The number of hydrogen-bond acceptors (Lipinski definition) is 5. The molecule has 5 heteroatoms. The first kappa shape index (κ1) is 20.0. The molecule has 1 saturated carbocycles. The van der Waals surface area contributed by atoms with E-state index in [0.29, 0.717) is 22.3 Å². The number of fused-ring (bicyclic) bond motifs is 1. The number of phenolic OH excluding ortho intramolecular Hbond substituents is 2. The summed E-state index contributed by atoms with van der Waals surface area (Å²) in [6.07, 6.45) is 6.17. The maximum absolute atomic E-state index is 12.4. The third-order valence-electron chi connectivity index (χ3n) is 5.86. The van der Waals surface area contributed by atoms with Crippen molar-refractivity contribution in [1.29, 1.82) is 0 Å². The molecule has 0 spiro atoms. The fourth-order valence-electron chi connectivity index (χ4n) is 4.17. The monoisotopic (exact) mass is 404 g/mol. The molecule has 0 heterocycles. The van der Waals surface area contributed by atoms with Gasteiger partial charge in [0.05, 0.1) is 0 Å². The minimum Gasteiger partial charge on any atom is -0.507 e. The fourth-order valence-corrected chi connectivity index (χ4v) is 4.17. The number of carbonyl (C=O) groups excluding carboxylic acids is 2. The third kappa shape index (κ3) is 4.01. The lowest BCUT2D eigenvalue weighted by Crippen LogP contribution is -2.14. The van der Waals surface area contributed by atoms with Gasteiger partial charge in [-0.05, 0) is 30.4 Å². The summed E-state index contributed by atoms with van der Waals surface area (Å²) in [7, 11) is 0. The molecule has 0 aromatic heterocycles. The third-order valence-corrected chi connectivity index (χ3v) is 5.86. The van der Waals surface area contributed by atoms with E-state index in [9.17, 15) is 19.8 Å². The molecule has 0 aliphatic heterocycles. The zero-order valence-electron chi connectivity index (χ0n) is 16.6. The SMILES string of the molecule is O=C(COC(=O)c1cc(O)c2ccccc2c1O)c1ccc(C2CCCCC2)cc1. The first-order valence-corrected chi connectivity index (χ1v) is 10.3. The van der Waals surface area contributed by atoms with Crippen LogP contribution in [0.15, 0.2) is 54.6 Å². The maximum atomic E-state index is 12.4. The second-order valence-corrected chi connectivity index (χ2v) is 7.79. The highest BCUT2D eigenvalue weighted by molar-refractivity contribution is 6.05. The Balaban J connectivity index is 1.43. The first-order chi connectivity index (χ1) is 14.5. The van der Waals surface area contributed by atoms with Gasteiger partial charge in [-0.15, -0.1) is 0 Å². The average Bonchev–Trinajstić information content (AvgIpc) is 2.80. The highest BCUT2D eigenvalue weighted by atomic mass is 16.5. The van der Waals surface area contributed by atoms with Gasteiger partial charge in [-0.1, -0.05) is 67.8 Å². The van der Waals surface area contributed by atoms with Crippen molar-refractivity contribution in [2.75, 3.05) is 6.61 Å². The van der Waals surface area contributed by atoms with Crippen LogP contribution in [0.5, 0.6) is 11.5 Å². The van der Waals surface area contributed by atoms with Crippen LogP contribution in [0.1, 0.15) is 64.3 Å². The molecule has 0 amide bonds. The molecular formula is C25H24O5. The number of ketones is 1. The predicted molar refractivity (Wildman–Crippen MR) is 114 cm³/mol. The summed E-state index contributed by atoms with van der Waals surface area (Å²) >= 11 is 0. The summed E-state index contributed by atoms with van der Waals surface area (Å²) < 4.78 is 5.12. The first-order valence-electron chi connectivity index (χ1n) is 10.3. The van der Waals surface area contributed by atoms with Crippen molar-refractivity contribution in [3.05, 3.63) is 71.3 Å². The van der Waals surface area contributed by atoms with E-state index in [0.717, 1.165) is 6.07 Å². The number of phenols is 2. The van der Waals surface area contributed by atoms with Crippen molar-refractivity contribution in [3.63, 3.8) is 0 Å². The molecule has 3 aromatic rings. The molecule has 3 aromatic carbocycles. The number of hydrogen-bond donors (Lipinski definition) is 2. The Bertz CT molecular complexity index is 1080. The predicted octanol–water partition coefficient (Wildman–Crippen LogP) is 5.34. The fraction of sp³-hybridized carbons (Fsp3) is 0.280. The number of rotatable bonds is 5. The molecule has 0 atom stereocenters. The normalized spacial score (nSPS) is 14.5. The number of Topliss-reactive ketones (excluding diaryl/α,β-unsaturated/α-hetero) is 1. The smallest absolute Gasteiger partial charge is 0.342 e. The zero-order valence-corrected chi connectivity index (χ0v) is 16.6. The van der Waals surface area contributed by atoms with Crippen LogP contribution in [0.3, 0.4) is 0 Å². The Labute approximate surface area is 174 Å². The van der Waals surface area contributed by atoms with Crippen molar-refractivity contribution < 1.29 is 24.5 Å². The summed E-state index contributed by atoms with van der Waals surface area (Å²) in [6.45, 7) is -0.436. The standard InChI is InChI=1S/C25H24O5/c26-22-14-21(24(28)20-9-5-4-8-19(20)22)25(29)30-15-23(27)18-12-10-17(11-13-18)16-6-2-1-3-7-16/h4-5,8-14,16,26,28H,1-3,6-7,15H2. The lowest BCUT2D eigenvalue weighted by molar-refractivity contribution is 0.0471. The molecule has 1 fully saturated rings. The van der Waals surface area contributed by atoms with Gasteiger partial charge in [0.1, 0.15) is 17.1 Å². The highest BCUT2D eigenvalue weighted by Crippen LogP contribution is 2.35. The molecule has 30 heavy (non-hydrogen) atoms. The van der Waals surface area contributed by atoms with Crippen molar-refractivity contribution in [3.8, 4) is 11.5 Å². The van der Waals surface area contributed by atoms with Crippen LogP contribution < -0.4 is 0 Å². The lowest BCUT2D eigenvalue weighted by Gasteiger charge is -2.22. The van der Waals surface area contributed by atoms with Crippen LogP contribution in [-0.2, 0) is 4.74 Å². The van der Waals surface area contributed by atoms with Gasteiger partial charge in [0.2, 0.25) is 0 Å². The number of esters is 1. The van der Waals surface area contributed by atoms with E-state index in [1.807, 2.05) is 12.1 Å². The number of benzene rings is 3. The van der Waals surface area contributed by atoms with Crippen LogP contribution >= 0.6 is 0 Å². The number of aromatic hydroxyl groups is 2. The average molecular weight is 404 g/mol. The Morgan fingerprint density at radius 1 is 0.900 bits per heavy atom. The Kier molecular flexibility index (Phi) is 5.70. The summed E-state index contributed by atoms with van der Waals surface area (Å²) in [4.78, 5) is 24.9. The van der Waals surface area contributed by atoms with Gasteiger partial charge < -0.3 is 14.9 Å². The topological polar surface area (TPSA) is 83.8 Å². The molecule has 0 bridgehead atoms. The number of ether oxygens (including phenoxy) is 1. The summed E-state index contributed by atoms with van der Waals surface area (Å²) in [5, 5.41) is 21.3. The molecule has 5 nitrogen and oxygen atoms in total. The lowest BCUT2D eigenvalue weighted by atomic mass is 9.84. The largest absolute Gasteiger partial charge is 0.507 e. The van der Waals surface area contributed by atoms with Gasteiger partial charge in [0.25, 0.3) is 0 Å². The second-order valence-electron chi connectivity index (χ2n) is 7.79. The van der Waals surface area contributed by atoms with Crippen molar-refractivity contribution in [1.82, 2.24) is 0 Å². The quantitative estimate of drug-likeness (QED) is 0.341. The molecule has 0 radical (unpaired) electrons. The Hall–Kier alpha value is -3.34. The van der Waals surface area contributed by atoms with Gasteiger partial charge in [-0.2, -0.15) is 0 Å². The van der Waals surface area contributed by atoms with Crippen LogP contribution in [0.2, 0.25) is 0 Å². The van der Waals surface area contributed by atoms with Gasteiger partial charge >= 0.3 is 5.97 Å². The van der Waals surface area contributed by atoms with Crippen LogP contribution in [0, 0.1) is 0 Å². The van der Waals surface area contributed by atoms with E-state index in [-0.39, 0.29) is 22.8 Å². The zero-order chi connectivity index (χ0) is 21.1. The minimum atomic E-state index is -0.860. The van der Waals surface area contributed by atoms with E-state index in [2.05, 4.69) is 0 Å². The Morgan fingerprint density at radius 3 is 2.27 bits per heavy atom. The van der Waals surface area contributed by atoms with Gasteiger partial charge in [-0.25, -0.2) is 4.79 Å². The van der Waals surface area contributed by atoms with E-state index in [1.165, 1.54) is 37.7 Å². The molecule has 1 aliphatic carbocycles. The van der Waals surface area contributed by atoms with Gasteiger partial charge in [0, 0.05) is 16.3 Å². The van der Waals surface area contributed by atoms with E-state index >= 15 is 0 Å². The van der Waals surface area contributed by atoms with Crippen LogP contribution in [-0.4, -0.2) is 28.6 Å². The number of carbonyl (C=O) groups is 2. The Morgan fingerprint density at radius 2 is 1.57 bits per heavy atom. The molecule has 4 rings (SSSR count). The molecule has 2 N–H and O–H groups in total. The minimum absolute atomic E-state index is 0.139. The summed E-state index contributed by atoms with van der Waals surface area (Å²) in [5.74, 6) is -1.04. The molecule has 1 aliphatic rings. The van der Waals surface area contributed by atoms with E-state index in [1.54, 1.807) is 36.4 Å². The molecular weight excluding hydrogens is 380 g/mol. The molecule has 0 saturated heterocycles. The molecule has 0 unspecified atom stereocenters. The summed E-state index contributed by atoms with van der Waals surface area (Å²) in [5.41, 5.74) is 1.55. The van der Waals surface area contributed by atoms with Crippen molar-refractivity contribution >= 4 is 22.5 Å². The van der Waals surface area contributed by atoms with Crippen molar-refractivity contribution in [2.24, 2.45) is 0 Å². The van der Waals surface area contributed by atoms with E-state index < -0.39 is 12.6 Å². The highest BCUT2D eigenvalue weighted by Gasteiger charge is 2.20. The maximum Gasteiger partial charge on any atom is 0.342 e. The molecule has 154 valence electrons.